The number of benzene rings is 2. The molecule has 120 valence electrons. The minimum absolute atomic E-state index is 0.177. The molecule has 0 saturated heterocycles. The summed E-state index contributed by atoms with van der Waals surface area (Å²) < 4.78 is 10.3. The van der Waals surface area contributed by atoms with Gasteiger partial charge in [0.15, 0.2) is 17.3 Å². The Kier molecular flexibility index (Phi) is 5.90. The van der Waals surface area contributed by atoms with Crippen LogP contribution in [0.1, 0.15) is 10.4 Å². The van der Waals surface area contributed by atoms with E-state index in [0.29, 0.717) is 32.8 Å². The molecule has 0 atom stereocenters. The van der Waals surface area contributed by atoms with Gasteiger partial charge in [-0.2, -0.15) is 0 Å². The molecule has 23 heavy (non-hydrogen) atoms. The third kappa shape index (κ3) is 4.41. The van der Waals surface area contributed by atoms with Gasteiger partial charge in [-0.05, 0) is 36.4 Å². The van der Waals surface area contributed by atoms with Gasteiger partial charge < -0.3 is 14.8 Å². The summed E-state index contributed by atoms with van der Waals surface area (Å²) in [6.07, 6.45) is 2.93. The lowest BCUT2D eigenvalue weighted by atomic mass is 10.1. The van der Waals surface area contributed by atoms with Gasteiger partial charge in [-0.15, -0.1) is 0 Å². The summed E-state index contributed by atoms with van der Waals surface area (Å²) in [6.45, 7) is 0. The number of halogens is 2. The summed E-state index contributed by atoms with van der Waals surface area (Å²) in [7, 11) is 3.06. The highest BCUT2D eigenvalue weighted by atomic mass is 35.5. The van der Waals surface area contributed by atoms with Crippen LogP contribution in [-0.4, -0.2) is 20.0 Å². The second-order valence-electron chi connectivity index (χ2n) is 4.54. The van der Waals surface area contributed by atoms with E-state index in [1.807, 2.05) is 0 Å². The van der Waals surface area contributed by atoms with Crippen LogP contribution in [0, 0.1) is 0 Å². The van der Waals surface area contributed by atoms with Gasteiger partial charge in [-0.3, -0.25) is 4.79 Å². The molecule has 0 unspecified atom stereocenters. The van der Waals surface area contributed by atoms with E-state index in [0.717, 1.165) is 0 Å². The second kappa shape index (κ2) is 7.90. The first-order valence-corrected chi connectivity index (χ1v) is 7.45. The molecule has 1 N–H and O–H groups in total. The molecule has 0 radical (unpaired) electrons. The first-order valence-electron chi connectivity index (χ1n) is 6.69. The van der Waals surface area contributed by atoms with E-state index in [2.05, 4.69) is 5.32 Å². The zero-order valence-corrected chi connectivity index (χ0v) is 14.1. The summed E-state index contributed by atoms with van der Waals surface area (Å²) in [5.74, 6) is 0.892. The molecule has 0 amide bonds. The number of hydrogen-bond acceptors (Lipinski definition) is 4. The highest BCUT2D eigenvalue weighted by molar-refractivity contribution is 6.36. The normalized spacial score (nSPS) is 10.6. The van der Waals surface area contributed by atoms with Gasteiger partial charge in [0.2, 0.25) is 0 Å². The maximum absolute atomic E-state index is 12.2. The van der Waals surface area contributed by atoms with E-state index in [9.17, 15) is 4.79 Å². The number of carbonyl (C=O) groups excluding carboxylic acids is 1. The topological polar surface area (TPSA) is 47.6 Å². The van der Waals surface area contributed by atoms with Crippen molar-refractivity contribution >= 4 is 34.7 Å². The van der Waals surface area contributed by atoms with Gasteiger partial charge in [0.25, 0.3) is 0 Å². The van der Waals surface area contributed by atoms with Crippen LogP contribution >= 0.6 is 23.2 Å². The van der Waals surface area contributed by atoms with Crippen molar-refractivity contribution < 1.29 is 14.3 Å². The molecular weight excluding hydrogens is 337 g/mol. The number of methoxy groups -OCH3 is 2. The maximum Gasteiger partial charge on any atom is 0.187 e. The van der Waals surface area contributed by atoms with Gasteiger partial charge in [0.05, 0.1) is 24.9 Å². The molecule has 6 heteroatoms. The van der Waals surface area contributed by atoms with E-state index in [-0.39, 0.29) is 5.78 Å². The Bertz CT molecular complexity index is 745. The predicted molar refractivity (Wildman–Crippen MR) is 93.1 cm³/mol. The molecule has 0 aliphatic rings. The molecule has 0 aliphatic heterocycles. The van der Waals surface area contributed by atoms with Crippen molar-refractivity contribution in [1.82, 2.24) is 0 Å². The number of hydrogen-bond donors (Lipinski definition) is 1. The zero-order chi connectivity index (χ0) is 16.8. The smallest absolute Gasteiger partial charge is 0.187 e. The fourth-order valence-corrected chi connectivity index (χ4v) is 2.36. The summed E-state index contributed by atoms with van der Waals surface area (Å²) in [4.78, 5) is 12.2. The van der Waals surface area contributed by atoms with Crippen LogP contribution in [0.3, 0.4) is 0 Å². The van der Waals surface area contributed by atoms with Gasteiger partial charge in [0.1, 0.15) is 0 Å². The first kappa shape index (κ1) is 17.2. The van der Waals surface area contributed by atoms with E-state index in [1.54, 1.807) is 43.5 Å². The lowest BCUT2D eigenvalue weighted by Crippen LogP contribution is -1.99. The standard InChI is InChI=1S/C17H15Cl2NO3/c1-22-16-6-3-11(9-17(16)23-2)15(21)7-8-20-14-5-4-12(18)10-13(14)19/h3-10,20H,1-2H3/b8-7-. The Labute approximate surface area is 144 Å². The quantitative estimate of drug-likeness (QED) is 0.598. The summed E-state index contributed by atoms with van der Waals surface area (Å²) in [5.41, 5.74) is 1.15. The van der Waals surface area contributed by atoms with Crippen molar-refractivity contribution in [3.8, 4) is 11.5 Å². The molecule has 0 bridgehead atoms. The third-order valence-electron chi connectivity index (χ3n) is 3.07. The molecule has 0 spiro atoms. The Hall–Kier alpha value is -2.17. The number of carbonyl (C=O) groups is 1. The average Bonchev–Trinajstić information content (AvgIpc) is 2.56. The van der Waals surface area contributed by atoms with Gasteiger partial charge in [-0.25, -0.2) is 0 Å². The summed E-state index contributed by atoms with van der Waals surface area (Å²) >= 11 is 11.9. The molecule has 0 saturated carbocycles. The molecule has 4 nitrogen and oxygen atoms in total. The van der Waals surface area contributed by atoms with E-state index >= 15 is 0 Å². The Morgan fingerprint density at radius 2 is 1.78 bits per heavy atom. The van der Waals surface area contributed by atoms with Crippen LogP contribution in [0.4, 0.5) is 5.69 Å². The van der Waals surface area contributed by atoms with Crippen molar-refractivity contribution in [1.29, 1.82) is 0 Å². The molecule has 0 fully saturated rings. The van der Waals surface area contributed by atoms with Crippen LogP contribution < -0.4 is 14.8 Å². The molecular formula is C17H15Cl2NO3. The zero-order valence-electron chi connectivity index (χ0n) is 12.6. The Balaban J connectivity index is 2.09. The van der Waals surface area contributed by atoms with Crippen molar-refractivity contribution in [3.05, 3.63) is 64.3 Å². The minimum atomic E-state index is -0.177. The number of rotatable bonds is 6. The largest absolute Gasteiger partial charge is 0.493 e. The predicted octanol–water partition coefficient (Wildman–Crippen LogP) is 4.82. The SMILES string of the molecule is COc1ccc(C(=O)/C=C\Nc2ccc(Cl)cc2Cl)cc1OC. The summed E-state index contributed by atoms with van der Waals surface area (Å²) in [6, 6.07) is 10.0. The number of ether oxygens (including phenoxy) is 2. The fourth-order valence-electron chi connectivity index (χ4n) is 1.90. The highest BCUT2D eigenvalue weighted by Crippen LogP contribution is 2.28. The Morgan fingerprint density at radius 1 is 1.04 bits per heavy atom. The lowest BCUT2D eigenvalue weighted by molar-refractivity contribution is 0.104. The van der Waals surface area contributed by atoms with Crippen LogP contribution in [0.25, 0.3) is 0 Å². The van der Waals surface area contributed by atoms with Crippen molar-refractivity contribution in [2.75, 3.05) is 19.5 Å². The van der Waals surface area contributed by atoms with Crippen LogP contribution in [0.15, 0.2) is 48.7 Å². The average molecular weight is 352 g/mol. The molecule has 2 rings (SSSR count). The summed E-state index contributed by atoms with van der Waals surface area (Å²) in [5, 5.41) is 3.96. The van der Waals surface area contributed by atoms with Gasteiger partial charge in [0, 0.05) is 22.9 Å². The number of ketones is 1. The van der Waals surface area contributed by atoms with Crippen LogP contribution in [0.2, 0.25) is 10.0 Å². The second-order valence-corrected chi connectivity index (χ2v) is 5.38. The van der Waals surface area contributed by atoms with Crippen molar-refractivity contribution in [2.24, 2.45) is 0 Å². The fraction of sp³-hybridized carbons (Fsp3) is 0.118. The minimum Gasteiger partial charge on any atom is -0.493 e. The van der Waals surface area contributed by atoms with Crippen molar-refractivity contribution in [3.63, 3.8) is 0 Å². The lowest BCUT2D eigenvalue weighted by Gasteiger charge is -2.08. The number of anilines is 1. The van der Waals surface area contributed by atoms with Gasteiger partial charge in [-0.1, -0.05) is 23.2 Å². The first-order chi connectivity index (χ1) is 11.0. The van der Waals surface area contributed by atoms with E-state index < -0.39 is 0 Å². The van der Waals surface area contributed by atoms with E-state index in [4.69, 9.17) is 32.7 Å². The van der Waals surface area contributed by atoms with Crippen LogP contribution in [0.5, 0.6) is 11.5 Å². The number of allylic oxidation sites excluding steroid dienone is 1. The molecule has 2 aromatic rings. The maximum atomic E-state index is 12.2. The van der Waals surface area contributed by atoms with Crippen LogP contribution in [-0.2, 0) is 0 Å². The molecule has 0 aliphatic carbocycles. The Morgan fingerprint density at radius 3 is 2.43 bits per heavy atom. The highest BCUT2D eigenvalue weighted by Gasteiger charge is 2.08. The van der Waals surface area contributed by atoms with E-state index in [1.165, 1.54) is 19.4 Å². The molecule has 0 heterocycles. The molecule has 0 aromatic heterocycles. The molecule has 2 aromatic carbocycles. The van der Waals surface area contributed by atoms with Gasteiger partial charge >= 0.3 is 0 Å². The monoisotopic (exact) mass is 351 g/mol. The third-order valence-corrected chi connectivity index (χ3v) is 3.62. The number of nitrogens with one attached hydrogen (secondary N) is 1. The van der Waals surface area contributed by atoms with Crippen molar-refractivity contribution in [2.45, 2.75) is 0 Å².